The third-order valence-corrected chi connectivity index (χ3v) is 11.4. The van der Waals surface area contributed by atoms with Crippen LogP contribution in [0.15, 0.2) is 5.22 Å². The maximum atomic E-state index is 10.9. The van der Waals surface area contributed by atoms with E-state index >= 15 is 0 Å². The van der Waals surface area contributed by atoms with E-state index in [1.165, 1.54) is 75.6 Å². The molecule has 0 aromatic heterocycles. The van der Waals surface area contributed by atoms with Gasteiger partial charge in [-0.1, -0.05) is 51.7 Å². The van der Waals surface area contributed by atoms with Crippen molar-refractivity contribution in [3.8, 4) is 0 Å². The van der Waals surface area contributed by atoms with Crippen molar-refractivity contribution < 1.29 is 9.90 Å². The highest BCUT2D eigenvalue weighted by molar-refractivity contribution is 5.94. The molecular formula is C28H48N4O2. The summed E-state index contributed by atoms with van der Waals surface area (Å²) >= 11 is 0. The molecule has 0 saturated heterocycles. The summed E-state index contributed by atoms with van der Waals surface area (Å²) in [7, 11) is 0. The number of nitrogens with one attached hydrogen (secondary N) is 2. The molecule has 192 valence electrons. The smallest absolute Gasteiger partial charge is 0.311 e. The van der Waals surface area contributed by atoms with E-state index in [0.29, 0.717) is 17.4 Å². The van der Waals surface area contributed by atoms with Gasteiger partial charge in [-0.25, -0.2) is 5.01 Å². The first-order chi connectivity index (χ1) is 16.2. The lowest BCUT2D eigenvalue weighted by Crippen LogP contribution is -2.55. The van der Waals surface area contributed by atoms with Crippen LogP contribution >= 0.6 is 0 Å². The SMILES string of the molecule is CC[C@H]1CC2C3CCC(CCCCN(N=N)C(=N)CC(=O)O)C3(C)CC[C@@H]2C2(C)CCCCC12. The highest BCUT2D eigenvalue weighted by Crippen LogP contribution is 2.69. The molecule has 0 bridgehead atoms. The van der Waals surface area contributed by atoms with Crippen LogP contribution in [0, 0.1) is 57.3 Å². The van der Waals surface area contributed by atoms with E-state index in [4.69, 9.17) is 16.0 Å². The molecular weight excluding hydrogens is 424 g/mol. The fourth-order valence-electron chi connectivity index (χ4n) is 9.73. The van der Waals surface area contributed by atoms with Gasteiger partial charge in [0.05, 0.1) is 0 Å². The van der Waals surface area contributed by atoms with Gasteiger partial charge in [-0.2, -0.15) is 5.53 Å². The summed E-state index contributed by atoms with van der Waals surface area (Å²) in [6.45, 7) is 8.24. The third-order valence-electron chi connectivity index (χ3n) is 11.4. The number of unbranched alkanes of at least 4 members (excludes halogenated alkanes) is 1. The first-order valence-corrected chi connectivity index (χ1v) is 14.2. The highest BCUT2D eigenvalue weighted by atomic mass is 16.4. The van der Waals surface area contributed by atoms with Crippen molar-refractivity contribution in [3.05, 3.63) is 0 Å². The predicted molar refractivity (Wildman–Crippen MR) is 135 cm³/mol. The van der Waals surface area contributed by atoms with E-state index in [1.807, 2.05) is 0 Å². The summed E-state index contributed by atoms with van der Waals surface area (Å²) in [6.07, 6.45) is 17.1. The number of rotatable bonds is 9. The average Bonchev–Trinajstić information content (AvgIpc) is 3.14. The molecule has 4 rings (SSSR count). The lowest BCUT2D eigenvalue weighted by Gasteiger charge is -2.62. The summed E-state index contributed by atoms with van der Waals surface area (Å²) in [4.78, 5) is 10.9. The van der Waals surface area contributed by atoms with Gasteiger partial charge in [0, 0.05) is 6.54 Å². The Balaban J connectivity index is 1.36. The lowest BCUT2D eigenvalue weighted by molar-refractivity contribution is -0.136. The van der Waals surface area contributed by atoms with Crippen molar-refractivity contribution in [1.29, 1.82) is 10.9 Å². The monoisotopic (exact) mass is 472 g/mol. The van der Waals surface area contributed by atoms with Crippen LogP contribution in [0.3, 0.4) is 0 Å². The number of fused-ring (bicyclic) bond motifs is 5. The summed E-state index contributed by atoms with van der Waals surface area (Å²) in [5.74, 6) is 4.34. The molecule has 4 aliphatic rings. The molecule has 4 fully saturated rings. The molecule has 6 heteroatoms. The molecule has 0 spiro atoms. The second kappa shape index (κ2) is 10.3. The number of hydrogen-bond acceptors (Lipinski definition) is 4. The molecule has 0 amide bonds. The van der Waals surface area contributed by atoms with Gasteiger partial charge >= 0.3 is 5.97 Å². The quantitative estimate of drug-likeness (QED) is 0.106. The lowest BCUT2D eigenvalue weighted by atomic mass is 9.42. The van der Waals surface area contributed by atoms with Crippen LogP contribution in [0.25, 0.3) is 0 Å². The molecule has 8 atom stereocenters. The minimum atomic E-state index is -1.04. The zero-order valence-electron chi connectivity index (χ0n) is 21.8. The van der Waals surface area contributed by atoms with Gasteiger partial charge in [0.25, 0.3) is 0 Å². The van der Waals surface area contributed by atoms with Crippen LogP contribution in [-0.4, -0.2) is 28.5 Å². The standard InChI is InChI=1S/C28H48N4O2/c1-4-19-17-21-23-12-11-20(9-6-8-16-32(31-30)25(29)18-26(33)34)27(23,2)15-13-24(21)28(3)14-7-5-10-22(19)28/h19-24,29-30H,4-18H2,1-3H3,(H,33,34)/t19-,20?,21?,22?,23?,24-,27?,28?/m0/s1. The number of hydrogen-bond donors (Lipinski definition) is 3. The van der Waals surface area contributed by atoms with Crippen LogP contribution in [0.1, 0.15) is 111 Å². The maximum absolute atomic E-state index is 10.9. The minimum absolute atomic E-state index is 0.0917. The Bertz CT molecular complexity index is 772. The zero-order chi connectivity index (χ0) is 24.5. The Labute approximate surface area is 206 Å². The molecule has 6 unspecified atom stereocenters. The number of aliphatic carboxylic acids is 1. The summed E-state index contributed by atoms with van der Waals surface area (Å²) in [5.41, 5.74) is 8.37. The molecule has 4 aliphatic carbocycles. The van der Waals surface area contributed by atoms with Gasteiger partial charge in [-0.15, -0.1) is 0 Å². The Morgan fingerprint density at radius 2 is 1.79 bits per heavy atom. The summed E-state index contributed by atoms with van der Waals surface area (Å²) < 4.78 is 0. The van der Waals surface area contributed by atoms with Gasteiger partial charge in [-0.05, 0) is 104 Å². The first-order valence-electron chi connectivity index (χ1n) is 14.2. The fourth-order valence-corrected chi connectivity index (χ4v) is 9.73. The summed E-state index contributed by atoms with van der Waals surface area (Å²) in [6, 6.07) is 0. The van der Waals surface area contributed by atoms with Gasteiger partial charge in [-0.3, -0.25) is 10.2 Å². The number of amidine groups is 1. The van der Waals surface area contributed by atoms with Crippen LogP contribution in [0.5, 0.6) is 0 Å². The third kappa shape index (κ3) is 4.55. The highest BCUT2D eigenvalue weighted by Gasteiger charge is 2.60. The Hall–Kier alpha value is -1.46. The zero-order valence-corrected chi connectivity index (χ0v) is 21.8. The van der Waals surface area contributed by atoms with E-state index in [2.05, 4.69) is 26.0 Å². The van der Waals surface area contributed by atoms with E-state index in [9.17, 15) is 4.79 Å². The molecule has 4 saturated carbocycles. The number of carboxylic acid groups (broad SMARTS) is 1. The minimum Gasteiger partial charge on any atom is -0.481 e. The van der Waals surface area contributed by atoms with Gasteiger partial charge in [0.15, 0.2) is 0 Å². The second-order valence-electron chi connectivity index (χ2n) is 12.7. The van der Waals surface area contributed by atoms with Gasteiger partial charge < -0.3 is 5.11 Å². The van der Waals surface area contributed by atoms with E-state index < -0.39 is 5.97 Å². The maximum Gasteiger partial charge on any atom is 0.311 e. The molecule has 6 nitrogen and oxygen atoms in total. The summed E-state index contributed by atoms with van der Waals surface area (Å²) in [5, 5.41) is 21.4. The van der Waals surface area contributed by atoms with Crippen molar-refractivity contribution in [3.63, 3.8) is 0 Å². The molecule has 34 heavy (non-hydrogen) atoms. The molecule has 0 aromatic rings. The molecule has 0 aromatic carbocycles. The van der Waals surface area contributed by atoms with E-state index in [1.54, 1.807) is 0 Å². The van der Waals surface area contributed by atoms with Gasteiger partial charge in [0.2, 0.25) is 0 Å². The van der Waals surface area contributed by atoms with Crippen LogP contribution in [0.2, 0.25) is 0 Å². The molecule has 0 heterocycles. The Kier molecular flexibility index (Phi) is 7.74. The number of carbonyl (C=O) groups is 1. The largest absolute Gasteiger partial charge is 0.481 e. The molecule has 0 aliphatic heterocycles. The number of carboxylic acids is 1. The first kappa shape index (κ1) is 25.6. The normalized spacial score (nSPS) is 41.1. The van der Waals surface area contributed by atoms with Crippen molar-refractivity contribution in [2.45, 2.75) is 111 Å². The van der Waals surface area contributed by atoms with Crippen LogP contribution in [0.4, 0.5) is 0 Å². The molecule has 3 N–H and O–H groups in total. The van der Waals surface area contributed by atoms with E-state index in [-0.39, 0.29) is 12.3 Å². The Morgan fingerprint density at radius 1 is 1.03 bits per heavy atom. The van der Waals surface area contributed by atoms with Crippen LogP contribution < -0.4 is 0 Å². The topological polar surface area (TPSA) is 101 Å². The van der Waals surface area contributed by atoms with E-state index in [0.717, 1.165) is 48.3 Å². The van der Waals surface area contributed by atoms with Crippen molar-refractivity contribution in [1.82, 2.24) is 5.01 Å². The average molecular weight is 473 g/mol. The van der Waals surface area contributed by atoms with Crippen molar-refractivity contribution in [2.75, 3.05) is 6.54 Å². The van der Waals surface area contributed by atoms with Gasteiger partial charge in [0.1, 0.15) is 12.3 Å². The fraction of sp³-hybridized carbons (Fsp3) is 0.929. The number of nitrogens with zero attached hydrogens (tertiary/aromatic N) is 2. The second-order valence-corrected chi connectivity index (χ2v) is 12.7. The van der Waals surface area contributed by atoms with Crippen molar-refractivity contribution >= 4 is 11.8 Å². The van der Waals surface area contributed by atoms with Crippen molar-refractivity contribution in [2.24, 2.45) is 51.6 Å². The van der Waals surface area contributed by atoms with Crippen LogP contribution in [-0.2, 0) is 4.79 Å². The molecule has 0 radical (unpaired) electrons. The predicted octanol–water partition coefficient (Wildman–Crippen LogP) is 7.54. The Morgan fingerprint density at radius 3 is 2.50 bits per heavy atom.